The number of hydrogen-bond donors (Lipinski definition) is 1. The van der Waals surface area contributed by atoms with Gasteiger partial charge in [-0.1, -0.05) is 13.0 Å². The van der Waals surface area contributed by atoms with Crippen LogP contribution < -0.4 is 15.0 Å². The second-order valence-corrected chi connectivity index (χ2v) is 8.46. The van der Waals surface area contributed by atoms with Crippen molar-refractivity contribution in [1.82, 2.24) is 19.4 Å². The number of nitrogens with zero attached hydrogens (tertiary/aromatic N) is 5. The fourth-order valence-corrected chi connectivity index (χ4v) is 4.44. The lowest BCUT2D eigenvalue weighted by atomic mass is 10.1. The summed E-state index contributed by atoms with van der Waals surface area (Å²) in [5.41, 5.74) is 2.33. The molecule has 2 aliphatic rings. The first-order valence-electron chi connectivity index (χ1n) is 11.8. The van der Waals surface area contributed by atoms with E-state index in [1.165, 1.54) is 0 Å². The molecule has 2 aromatic heterocycles. The van der Waals surface area contributed by atoms with E-state index in [0.29, 0.717) is 23.7 Å². The Morgan fingerprint density at radius 2 is 1.94 bits per heavy atom. The number of likely N-dealkylation sites (N-methyl/N-ethyl adjacent to an activating group) is 1. The summed E-state index contributed by atoms with van der Waals surface area (Å²) in [4.78, 5) is 27.2. The number of hydrogen-bond acceptors (Lipinski definition) is 6. The van der Waals surface area contributed by atoms with Crippen molar-refractivity contribution >= 4 is 17.4 Å². The lowest BCUT2D eigenvalue weighted by Crippen LogP contribution is -2.46. The summed E-state index contributed by atoms with van der Waals surface area (Å²) in [6.45, 7) is 8.62. The molecular weight excluding hydrogens is 416 g/mol. The Kier molecular flexibility index (Phi) is 6.26. The highest BCUT2D eigenvalue weighted by molar-refractivity contribution is 6.06. The van der Waals surface area contributed by atoms with Crippen molar-refractivity contribution in [2.45, 2.75) is 26.3 Å². The molecule has 2 aliphatic heterocycles. The molecule has 1 fully saturated rings. The van der Waals surface area contributed by atoms with Gasteiger partial charge in [0.25, 0.3) is 5.91 Å². The minimum atomic E-state index is -0.218. The van der Waals surface area contributed by atoms with Crippen LogP contribution in [0.5, 0.6) is 5.75 Å². The predicted molar refractivity (Wildman–Crippen MR) is 129 cm³/mol. The van der Waals surface area contributed by atoms with Crippen LogP contribution in [0.1, 0.15) is 30.1 Å². The van der Waals surface area contributed by atoms with Gasteiger partial charge < -0.3 is 24.4 Å². The molecule has 1 amide bonds. The van der Waals surface area contributed by atoms with Gasteiger partial charge in [0.15, 0.2) is 5.82 Å². The van der Waals surface area contributed by atoms with E-state index in [9.17, 15) is 4.79 Å². The van der Waals surface area contributed by atoms with Crippen LogP contribution in [0.3, 0.4) is 0 Å². The number of nitrogens with one attached hydrogen (secondary N) is 1. The first-order chi connectivity index (χ1) is 16.2. The number of carbonyl (C=O) groups excluding carboxylic acids is 1. The Bertz CT molecular complexity index is 1120. The Morgan fingerprint density at radius 3 is 2.79 bits per heavy atom. The largest absolute Gasteiger partial charge is 0.493 e. The molecule has 1 aromatic carbocycles. The van der Waals surface area contributed by atoms with E-state index in [1.807, 2.05) is 30.5 Å². The van der Waals surface area contributed by atoms with Gasteiger partial charge in [0.2, 0.25) is 0 Å². The van der Waals surface area contributed by atoms with Crippen LogP contribution in [0, 0.1) is 0 Å². The number of pyridine rings is 1. The van der Waals surface area contributed by atoms with Gasteiger partial charge in [-0.2, -0.15) is 0 Å². The van der Waals surface area contributed by atoms with Crippen molar-refractivity contribution in [3.05, 3.63) is 54.4 Å². The number of imidazole rings is 1. The smallest absolute Gasteiger partial charge is 0.260 e. The zero-order valence-corrected chi connectivity index (χ0v) is 19.0. The molecule has 0 spiro atoms. The molecule has 4 heterocycles. The quantitative estimate of drug-likeness (QED) is 0.649. The lowest BCUT2D eigenvalue weighted by Gasteiger charge is -2.35. The summed E-state index contributed by atoms with van der Waals surface area (Å²) >= 11 is 0. The van der Waals surface area contributed by atoms with Crippen LogP contribution in [-0.2, 0) is 6.54 Å². The Balaban J connectivity index is 1.45. The van der Waals surface area contributed by atoms with Crippen molar-refractivity contribution in [2.24, 2.45) is 0 Å². The number of benzene rings is 1. The molecule has 0 radical (unpaired) electrons. The third-order valence-corrected chi connectivity index (χ3v) is 6.38. The van der Waals surface area contributed by atoms with E-state index in [0.717, 1.165) is 69.3 Å². The second-order valence-electron chi connectivity index (χ2n) is 8.46. The second kappa shape index (κ2) is 9.62. The number of carbonyl (C=O) groups is 1. The number of ether oxygens (including phenoxy) is 1. The van der Waals surface area contributed by atoms with Gasteiger partial charge in [0, 0.05) is 50.8 Å². The molecule has 172 valence electrons. The highest BCUT2D eigenvalue weighted by Gasteiger charge is 2.20. The first kappa shape index (κ1) is 21.5. The number of piperazine rings is 1. The molecule has 5 rings (SSSR count). The SMILES string of the molecule is CCN1CCN(c2ccc3c(c2)C(=O)Nc2cccc(n2)-c2nccn2CCCCO3)CC1. The number of amides is 1. The van der Waals surface area contributed by atoms with Crippen molar-refractivity contribution in [3.63, 3.8) is 0 Å². The van der Waals surface area contributed by atoms with Gasteiger partial charge in [-0.3, -0.25) is 4.79 Å². The molecule has 2 bridgehead atoms. The number of aromatic nitrogens is 3. The summed E-state index contributed by atoms with van der Waals surface area (Å²) in [5, 5.41) is 2.97. The van der Waals surface area contributed by atoms with Crippen LogP contribution >= 0.6 is 0 Å². The molecule has 8 nitrogen and oxygen atoms in total. The van der Waals surface area contributed by atoms with Crippen molar-refractivity contribution < 1.29 is 9.53 Å². The molecule has 3 aromatic rings. The molecule has 8 heteroatoms. The van der Waals surface area contributed by atoms with Crippen LogP contribution in [-0.4, -0.2) is 64.7 Å². The van der Waals surface area contributed by atoms with Crippen molar-refractivity contribution in [3.8, 4) is 17.3 Å². The Labute approximate surface area is 194 Å². The van der Waals surface area contributed by atoms with Crippen LogP contribution in [0.15, 0.2) is 48.8 Å². The maximum absolute atomic E-state index is 13.3. The third-order valence-electron chi connectivity index (χ3n) is 6.38. The normalized spacial score (nSPS) is 17.4. The van der Waals surface area contributed by atoms with Gasteiger partial charge in [0.1, 0.15) is 17.3 Å². The number of fused-ring (bicyclic) bond motifs is 5. The fraction of sp³-hybridized carbons (Fsp3) is 0.400. The highest BCUT2D eigenvalue weighted by atomic mass is 16.5. The van der Waals surface area contributed by atoms with Gasteiger partial charge in [-0.15, -0.1) is 0 Å². The zero-order chi connectivity index (χ0) is 22.6. The summed E-state index contributed by atoms with van der Waals surface area (Å²) < 4.78 is 8.17. The van der Waals surface area contributed by atoms with E-state index < -0.39 is 0 Å². The van der Waals surface area contributed by atoms with Gasteiger partial charge in [0.05, 0.1) is 12.2 Å². The first-order valence-corrected chi connectivity index (χ1v) is 11.8. The number of rotatable bonds is 2. The average Bonchev–Trinajstić information content (AvgIpc) is 3.32. The molecule has 0 aliphatic carbocycles. The van der Waals surface area contributed by atoms with E-state index >= 15 is 0 Å². The third kappa shape index (κ3) is 4.71. The minimum absolute atomic E-state index is 0.218. The van der Waals surface area contributed by atoms with Crippen molar-refractivity contribution in [2.75, 3.05) is 49.5 Å². The van der Waals surface area contributed by atoms with E-state index in [2.05, 4.69) is 42.6 Å². The van der Waals surface area contributed by atoms with Crippen LogP contribution in [0.25, 0.3) is 11.5 Å². The van der Waals surface area contributed by atoms with Crippen molar-refractivity contribution in [1.29, 1.82) is 0 Å². The zero-order valence-electron chi connectivity index (χ0n) is 19.0. The highest BCUT2D eigenvalue weighted by Crippen LogP contribution is 2.28. The summed E-state index contributed by atoms with van der Waals surface area (Å²) in [6, 6.07) is 11.6. The number of anilines is 2. The van der Waals surface area contributed by atoms with Gasteiger partial charge in [-0.25, -0.2) is 9.97 Å². The lowest BCUT2D eigenvalue weighted by molar-refractivity contribution is 0.102. The molecule has 33 heavy (non-hydrogen) atoms. The monoisotopic (exact) mass is 446 g/mol. The predicted octanol–water partition coefficient (Wildman–Crippen LogP) is 3.51. The minimum Gasteiger partial charge on any atom is -0.493 e. The standard InChI is InChI=1S/C25H30N6O2/c1-2-29-13-15-30(16-14-29)19-8-9-22-20(18-19)25(32)28-23-7-5-6-21(27-23)24-26-10-12-31(24)11-3-4-17-33-22/h5-10,12,18H,2-4,11,13-17H2,1H3,(H,27,28,32). The van der Waals surface area contributed by atoms with Gasteiger partial charge >= 0.3 is 0 Å². The molecule has 0 saturated carbocycles. The molecule has 1 saturated heterocycles. The molecule has 0 unspecified atom stereocenters. The summed E-state index contributed by atoms with van der Waals surface area (Å²) in [7, 11) is 0. The Hall–Kier alpha value is -3.39. The van der Waals surface area contributed by atoms with Crippen LogP contribution in [0.2, 0.25) is 0 Å². The maximum Gasteiger partial charge on any atom is 0.260 e. The molecular formula is C25H30N6O2. The van der Waals surface area contributed by atoms with Crippen LogP contribution in [0.4, 0.5) is 11.5 Å². The summed E-state index contributed by atoms with van der Waals surface area (Å²) in [6.07, 6.45) is 5.58. The van der Waals surface area contributed by atoms with Gasteiger partial charge in [-0.05, 0) is 49.7 Å². The van der Waals surface area contributed by atoms with E-state index in [1.54, 1.807) is 12.3 Å². The topological polar surface area (TPSA) is 75.5 Å². The Morgan fingerprint density at radius 1 is 1.06 bits per heavy atom. The average molecular weight is 447 g/mol. The van der Waals surface area contributed by atoms with E-state index in [-0.39, 0.29) is 5.91 Å². The molecule has 0 atom stereocenters. The summed E-state index contributed by atoms with van der Waals surface area (Å²) in [5.74, 6) is 1.69. The maximum atomic E-state index is 13.3. The van der Waals surface area contributed by atoms with E-state index in [4.69, 9.17) is 4.74 Å². The fourth-order valence-electron chi connectivity index (χ4n) is 4.44. The number of aryl methyl sites for hydroxylation is 1. The molecule has 1 N–H and O–H groups in total.